The minimum atomic E-state index is -0.573. The Morgan fingerprint density at radius 2 is 2.00 bits per heavy atom. The highest BCUT2D eigenvalue weighted by molar-refractivity contribution is 7.80. The smallest absolute Gasteiger partial charge is 0.415 e. The molecule has 1 fully saturated rings. The van der Waals surface area contributed by atoms with Crippen molar-refractivity contribution < 1.29 is 19.1 Å². The Bertz CT molecular complexity index is 348. The molecule has 5 nitrogen and oxygen atoms in total. The number of thiocarbonyl (C=S) groups is 1. The largest absolute Gasteiger partial charge is 0.469 e. The molecule has 0 aromatic carbocycles. The van der Waals surface area contributed by atoms with E-state index in [1.54, 1.807) is 20.8 Å². The van der Waals surface area contributed by atoms with Crippen molar-refractivity contribution in [3.05, 3.63) is 0 Å². The Hall–Kier alpha value is -1.17. The number of carbonyl (C=O) groups excluding carboxylic acids is 2. The molecule has 0 aromatic heterocycles. The van der Waals surface area contributed by atoms with Crippen molar-refractivity contribution >= 4 is 29.3 Å². The first kappa shape index (κ1) is 13.9. The second kappa shape index (κ2) is 5.00. The molecule has 0 bridgehead atoms. The molecule has 0 aliphatic carbocycles. The van der Waals surface area contributed by atoms with Gasteiger partial charge in [-0.2, -0.15) is 0 Å². The van der Waals surface area contributed by atoms with Gasteiger partial charge < -0.3 is 9.47 Å². The molecule has 1 atom stereocenters. The monoisotopic (exact) mass is 259 g/mol. The van der Waals surface area contributed by atoms with E-state index in [0.29, 0.717) is 11.4 Å². The maximum Gasteiger partial charge on any atom is 0.415 e. The number of hydrogen-bond acceptors (Lipinski definition) is 5. The van der Waals surface area contributed by atoms with Gasteiger partial charge in [0.15, 0.2) is 0 Å². The summed E-state index contributed by atoms with van der Waals surface area (Å²) in [6.45, 7) is 5.58. The fourth-order valence-corrected chi connectivity index (χ4v) is 1.88. The Balaban J connectivity index is 2.65. The lowest BCUT2D eigenvalue weighted by Gasteiger charge is -2.24. The predicted octanol–water partition coefficient (Wildman–Crippen LogP) is 1.74. The highest BCUT2D eigenvalue weighted by Gasteiger charge is 2.37. The first-order valence-electron chi connectivity index (χ1n) is 5.36. The van der Waals surface area contributed by atoms with E-state index < -0.39 is 11.7 Å². The van der Waals surface area contributed by atoms with Gasteiger partial charge >= 0.3 is 12.1 Å². The van der Waals surface area contributed by atoms with Crippen LogP contribution in [0.4, 0.5) is 4.79 Å². The second-order valence-electron chi connectivity index (χ2n) is 4.91. The maximum absolute atomic E-state index is 11.8. The lowest BCUT2D eigenvalue weighted by Crippen LogP contribution is -2.37. The van der Waals surface area contributed by atoms with Gasteiger partial charge in [-0.1, -0.05) is 12.2 Å². The van der Waals surface area contributed by atoms with Crippen molar-refractivity contribution in [3.8, 4) is 0 Å². The van der Waals surface area contributed by atoms with E-state index in [-0.39, 0.29) is 18.4 Å². The van der Waals surface area contributed by atoms with Crippen LogP contribution in [0.2, 0.25) is 0 Å². The highest BCUT2D eigenvalue weighted by Crippen LogP contribution is 2.22. The second-order valence-corrected chi connectivity index (χ2v) is 5.38. The number of rotatable bonds is 1. The SMILES string of the molecule is COC(=O)[C@@H]1CC(=S)N(C(=O)OC(C)(C)C)C1. The molecule has 1 saturated heterocycles. The van der Waals surface area contributed by atoms with Gasteiger partial charge in [-0.05, 0) is 20.8 Å². The van der Waals surface area contributed by atoms with Crippen molar-refractivity contribution in [2.24, 2.45) is 5.92 Å². The summed E-state index contributed by atoms with van der Waals surface area (Å²) in [4.78, 5) is 24.9. The van der Waals surface area contributed by atoms with Crippen LogP contribution < -0.4 is 0 Å². The van der Waals surface area contributed by atoms with Crippen molar-refractivity contribution in [1.82, 2.24) is 4.90 Å². The summed E-state index contributed by atoms with van der Waals surface area (Å²) in [5.74, 6) is -0.724. The number of esters is 1. The van der Waals surface area contributed by atoms with Crippen LogP contribution in [0.3, 0.4) is 0 Å². The molecule has 1 amide bonds. The average Bonchev–Trinajstić information content (AvgIpc) is 2.56. The van der Waals surface area contributed by atoms with E-state index >= 15 is 0 Å². The Labute approximate surface area is 106 Å². The summed E-state index contributed by atoms with van der Waals surface area (Å²) >= 11 is 5.07. The molecule has 0 spiro atoms. The standard InChI is InChI=1S/C11H17NO4S/c1-11(2,3)16-10(14)12-6-7(5-8(12)17)9(13)15-4/h7H,5-6H2,1-4H3/t7-/m1/s1. The van der Waals surface area contributed by atoms with Crippen LogP contribution in [0.25, 0.3) is 0 Å². The summed E-state index contributed by atoms with van der Waals surface area (Å²) in [6.07, 6.45) is -0.143. The third-order valence-corrected chi connectivity index (χ3v) is 2.66. The van der Waals surface area contributed by atoms with Crippen molar-refractivity contribution in [1.29, 1.82) is 0 Å². The van der Waals surface area contributed by atoms with Crippen molar-refractivity contribution in [3.63, 3.8) is 0 Å². The van der Waals surface area contributed by atoms with Gasteiger partial charge in [0.05, 0.1) is 18.0 Å². The number of methoxy groups -OCH3 is 1. The summed E-state index contributed by atoms with van der Waals surface area (Å²) in [5, 5.41) is 0. The number of carbonyl (C=O) groups is 2. The zero-order valence-corrected chi connectivity index (χ0v) is 11.3. The fraction of sp³-hybridized carbons (Fsp3) is 0.727. The normalized spacial score (nSPS) is 20.4. The van der Waals surface area contributed by atoms with Gasteiger partial charge in [-0.3, -0.25) is 9.69 Å². The minimum Gasteiger partial charge on any atom is -0.469 e. The van der Waals surface area contributed by atoms with Crippen molar-refractivity contribution in [2.75, 3.05) is 13.7 Å². The number of hydrogen-bond donors (Lipinski definition) is 0. The molecule has 0 unspecified atom stereocenters. The van der Waals surface area contributed by atoms with Crippen LogP contribution in [0.5, 0.6) is 0 Å². The number of likely N-dealkylation sites (tertiary alicyclic amines) is 1. The van der Waals surface area contributed by atoms with Crippen LogP contribution >= 0.6 is 12.2 Å². The Morgan fingerprint density at radius 1 is 1.41 bits per heavy atom. The first-order valence-corrected chi connectivity index (χ1v) is 5.76. The summed E-state index contributed by atoms with van der Waals surface area (Å²) in [6, 6.07) is 0. The van der Waals surface area contributed by atoms with Crippen molar-refractivity contribution in [2.45, 2.75) is 32.8 Å². The molecule has 0 N–H and O–H groups in total. The molecule has 96 valence electrons. The van der Waals surface area contributed by atoms with Gasteiger partial charge in [0.2, 0.25) is 0 Å². The molecule has 0 saturated carbocycles. The average molecular weight is 259 g/mol. The summed E-state index contributed by atoms with van der Waals surface area (Å²) in [5.41, 5.74) is -0.573. The molecule has 1 aliphatic heterocycles. The lowest BCUT2D eigenvalue weighted by atomic mass is 10.1. The van der Waals surface area contributed by atoms with Crippen LogP contribution in [-0.4, -0.2) is 41.2 Å². The molecule has 17 heavy (non-hydrogen) atoms. The molecule has 0 aromatic rings. The lowest BCUT2D eigenvalue weighted by molar-refractivity contribution is -0.144. The third-order valence-electron chi connectivity index (χ3n) is 2.27. The molecule has 1 rings (SSSR count). The van der Waals surface area contributed by atoms with E-state index in [9.17, 15) is 9.59 Å². The van der Waals surface area contributed by atoms with Gasteiger partial charge in [0.1, 0.15) is 5.60 Å². The first-order chi connectivity index (χ1) is 7.74. The van der Waals surface area contributed by atoms with E-state index in [0.717, 1.165) is 0 Å². The fourth-order valence-electron chi connectivity index (χ4n) is 1.53. The summed E-state index contributed by atoms with van der Waals surface area (Å²) in [7, 11) is 1.32. The predicted molar refractivity (Wildman–Crippen MR) is 65.7 cm³/mol. The number of amides is 1. The highest BCUT2D eigenvalue weighted by atomic mass is 32.1. The van der Waals surface area contributed by atoms with E-state index in [4.69, 9.17) is 17.0 Å². The maximum atomic E-state index is 11.8. The topological polar surface area (TPSA) is 55.8 Å². The van der Waals surface area contributed by atoms with E-state index in [2.05, 4.69) is 4.74 Å². The zero-order valence-electron chi connectivity index (χ0n) is 10.5. The van der Waals surface area contributed by atoms with Crippen LogP contribution in [0.15, 0.2) is 0 Å². The van der Waals surface area contributed by atoms with Gasteiger partial charge in [0, 0.05) is 13.0 Å². The van der Waals surface area contributed by atoms with Gasteiger partial charge in [0.25, 0.3) is 0 Å². The van der Waals surface area contributed by atoms with Gasteiger partial charge in [-0.25, -0.2) is 4.79 Å². The Kier molecular flexibility index (Phi) is 4.08. The quantitative estimate of drug-likeness (QED) is 0.530. The molecule has 0 radical (unpaired) electrons. The molecule has 1 aliphatic rings. The minimum absolute atomic E-state index is 0.237. The summed E-state index contributed by atoms with van der Waals surface area (Å²) < 4.78 is 9.84. The Morgan fingerprint density at radius 3 is 2.47 bits per heavy atom. The third kappa shape index (κ3) is 3.66. The van der Waals surface area contributed by atoms with E-state index in [1.807, 2.05) is 0 Å². The molecular weight excluding hydrogens is 242 g/mol. The van der Waals surface area contributed by atoms with Crippen LogP contribution in [0, 0.1) is 5.92 Å². The molecule has 6 heteroatoms. The molecule has 1 heterocycles. The van der Waals surface area contributed by atoms with E-state index in [1.165, 1.54) is 12.0 Å². The zero-order chi connectivity index (χ0) is 13.2. The number of ether oxygens (including phenoxy) is 2. The van der Waals surface area contributed by atoms with Gasteiger partial charge in [-0.15, -0.1) is 0 Å². The number of nitrogens with zero attached hydrogens (tertiary/aromatic N) is 1. The molecular formula is C11H17NO4S. The van der Waals surface area contributed by atoms with Crippen LogP contribution in [-0.2, 0) is 14.3 Å². The van der Waals surface area contributed by atoms with Crippen LogP contribution in [0.1, 0.15) is 27.2 Å².